The number of aromatic nitrogens is 3. The van der Waals surface area contributed by atoms with E-state index in [-0.39, 0.29) is 5.56 Å². The Hall–Kier alpha value is -2.63. The number of benzene rings is 1. The first-order chi connectivity index (χ1) is 12.7. The molecule has 4 rings (SSSR count). The number of nitrogens with zero attached hydrogens (tertiary/aromatic N) is 1. The van der Waals surface area contributed by atoms with E-state index in [4.69, 9.17) is 11.6 Å². The monoisotopic (exact) mass is 381 g/mol. The summed E-state index contributed by atoms with van der Waals surface area (Å²) >= 11 is 7.58. The van der Waals surface area contributed by atoms with E-state index < -0.39 is 0 Å². The molecule has 0 saturated heterocycles. The zero-order valence-electron chi connectivity index (χ0n) is 13.8. The predicted molar refractivity (Wildman–Crippen MR) is 107 cm³/mol. The summed E-state index contributed by atoms with van der Waals surface area (Å²) in [6.45, 7) is 0. The largest absolute Gasteiger partial charge is 0.328 e. The van der Waals surface area contributed by atoms with Crippen LogP contribution < -0.4 is 5.56 Å². The molecule has 0 aliphatic carbocycles. The number of halogens is 1. The molecule has 0 radical (unpaired) electrons. The van der Waals surface area contributed by atoms with Crippen LogP contribution in [0.3, 0.4) is 0 Å². The van der Waals surface area contributed by atoms with Crippen molar-refractivity contribution >= 4 is 22.9 Å². The maximum atomic E-state index is 12.2. The highest BCUT2D eigenvalue weighted by atomic mass is 35.5. The molecule has 0 fully saturated rings. The third-order valence-corrected chi connectivity index (χ3v) is 5.48. The molecule has 0 atom stereocenters. The summed E-state index contributed by atoms with van der Waals surface area (Å²) in [6, 6.07) is 17.5. The molecule has 130 valence electrons. The van der Waals surface area contributed by atoms with Crippen molar-refractivity contribution in [2.75, 3.05) is 0 Å². The van der Waals surface area contributed by atoms with Crippen molar-refractivity contribution in [2.45, 2.75) is 12.8 Å². The van der Waals surface area contributed by atoms with Gasteiger partial charge in [0.1, 0.15) is 0 Å². The van der Waals surface area contributed by atoms with Gasteiger partial charge in [0.15, 0.2) is 0 Å². The van der Waals surface area contributed by atoms with Gasteiger partial charge in [-0.15, -0.1) is 11.3 Å². The van der Waals surface area contributed by atoms with Gasteiger partial charge in [-0.25, -0.2) is 0 Å². The van der Waals surface area contributed by atoms with E-state index in [0.29, 0.717) is 5.56 Å². The molecule has 0 amide bonds. The second kappa shape index (κ2) is 7.32. The number of hydrogen-bond acceptors (Lipinski definition) is 3. The standard InChI is InChI=1S/C20H16ClN3OS/c21-19-9-8-16(26-19)7-6-15-11-18(24-23-15)14-10-17(20(25)22-12-14)13-4-2-1-3-5-13/h1-5,8-12H,6-7H2,(H,22,25)(H,23,24). The first-order valence-electron chi connectivity index (χ1n) is 8.26. The molecule has 0 aliphatic rings. The van der Waals surface area contributed by atoms with Crippen LogP contribution in [0.2, 0.25) is 4.34 Å². The molecule has 2 N–H and O–H groups in total. The van der Waals surface area contributed by atoms with Crippen LogP contribution in [0.25, 0.3) is 22.4 Å². The molecule has 0 bridgehead atoms. The molecule has 3 aromatic heterocycles. The normalized spacial score (nSPS) is 11.0. The first kappa shape index (κ1) is 16.8. The second-order valence-corrected chi connectivity index (χ2v) is 7.78. The zero-order chi connectivity index (χ0) is 17.9. The highest BCUT2D eigenvalue weighted by molar-refractivity contribution is 7.16. The van der Waals surface area contributed by atoms with Gasteiger partial charge in [0.05, 0.1) is 10.0 Å². The Labute approximate surface area is 159 Å². The van der Waals surface area contributed by atoms with E-state index in [1.54, 1.807) is 17.5 Å². The van der Waals surface area contributed by atoms with Gasteiger partial charge in [-0.2, -0.15) is 5.10 Å². The molecule has 0 unspecified atom stereocenters. The quantitative estimate of drug-likeness (QED) is 0.514. The highest BCUT2D eigenvalue weighted by Crippen LogP contribution is 2.24. The van der Waals surface area contributed by atoms with Crippen LogP contribution in [0, 0.1) is 0 Å². The third kappa shape index (κ3) is 3.64. The summed E-state index contributed by atoms with van der Waals surface area (Å²) in [5.41, 5.74) is 4.17. The lowest BCUT2D eigenvalue weighted by atomic mass is 10.0. The van der Waals surface area contributed by atoms with E-state index in [2.05, 4.69) is 21.2 Å². The minimum absolute atomic E-state index is 0.106. The average molecular weight is 382 g/mol. The van der Waals surface area contributed by atoms with E-state index >= 15 is 0 Å². The molecule has 0 spiro atoms. The molecule has 4 aromatic rings. The molecule has 3 heterocycles. The number of aromatic amines is 2. The van der Waals surface area contributed by atoms with Crippen molar-refractivity contribution in [1.82, 2.24) is 15.2 Å². The second-order valence-electron chi connectivity index (χ2n) is 5.98. The molecule has 26 heavy (non-hydrogen) atoms. The topological polar surface area (TPSA) is 61.5 Å². The fraction of sp³-hybridized carbons (Fsp3) is 0.100. The van der Waals surface area contributed by atoms with Gasteiger partial charge in [0.2, 0.25) is 0 Å². The summed E-state index contributed by atoms with van der Waals surface area (Å²) in [6.07, 6.45) is 3.48. The van der Waals surface area contributed by atoms with Gasteiger partial charge in [-0.3, -0.25) is 9.89 Å². The Kier molecular flexibility index (Phi) is 4.73. The van der Waals surface area contributed by atoms with Crippen LogP contribution in [-0.4, -0.2) is 15.2 Å². The summed E-state index contributed by atoms with van der Waals surface area (Å²) in [5, 5.41) is 7.48. The lowest BCUT2D eigenvalue weighted by molar-refractivity contribution is 0.905. The molecule has 0 aliphatic heterocycles. The molecule has 6 heteroatoms. The first-order valence-corrected chi connectivity index (χ1v) is 9.45. The Morgan fingerprint density at radius 2 is 1.85 bits per heavy atom. The number of aryl methyl sites for hydroxylation is 2. The Bertz CT molecular complexity index is 1080. The summed E-state index contributed by atoms with van der Waals surface area (Å²) in [5.74, 6) is 0. The Morgan fingerprint density at radius 1 is 1.00 bits per heavy atom. The number of thiophene rings is 1. The van der Waals surface area contributed by atoms with Gasteiger partial charge in [0, 0.05) is 27.9 Å². The van der Waals surface area contributed by atoms with E-state index in [1.165, 1.54) is 4.88 Å². The van der Waals surface area contributed by atoms with Crippen LogP contribution in [0.15, 0.2) is 65.6 Å². The minimum atomic E-state index is -0.106. The van der Waals surface area contributed by atoms with Crippen molar-refractivity contribution in [3.8, 4) is 22.4 Å². The average Bonchev–Trinajstić information content (AvgIpc) is 3.30. The van der Waals surface area contributed by atoms with Crippen LogP contribution in [-0.2, 0) is 12.8 Å². The Morgan fingerprint density at radius 3 is 2.62 bits per heavy atom. The summed E-state index contributed by atoms with van der Waals surface area (Å²) in [7, 11) is 0. The lowest BCUT2D eigenvalue weighted by Crippen LogP contribution is -2.08. The van der Waals surface area contributed by atoms with Crippen molar-refractivity contribution in [2.24, 2.45) is 0 Å². The molecular weight excluding hydrogens is 366 g/mol. The smallest absolute Gasteiger partial charge is 0.255 e. The van der Waals surface area contributed by atoms with E-state index in [0.717, 1.165) is 39.7 Å². The highest BCUT2D eigenvalue weighted by Gasteiger charge is 2.09. The Balaban J connectivity index is 1.56. The fourth-order valence-corrected chi connectivity index (χ4v) is 3.93. The maximum Gasteiger partial charge on any atom is 0.255 e. The summed E-state index contributed by atoms with van der Waals surface area (Å²) < 4.78 is 0.812. The number of nitrogens with one attached hydrogen (secondary N) is 2. The van der Waals surface area contributed by atoms with Gasteiger partial charge in [-0.05, 0) is 42.7 Å². The third-order valence-electron chi connectivity index (χ3n) is 4.18. The molecule has 0 saturated carbocycles. The van der Waals surface area contributed by atoms with Crippen molar-refractivity contribution in [3.05, 3.63) is 86.1 Å². The summed E-state index contributed by atoms with van der Waals surface area (Å²) in [4.78, 5) is 16.2. The van der Waals surface area contributed by atoms with Crippen molar-refractivity contribution in [1.29, 1.82) is 0 Å². The van der Waals surface area contributed by atoms with Gasteiger partial charge >= 0.3 is 0 Å². The minimum Gasteiger partial charge on any atom is -0.328 e. The number of rotatable bonds is 5. The lowest BCUT2D eigenvalue weighted by Gasteiger charge is -2.02. The van der Waals surface area contributed by atoms with Crippen LogP contribution in [0.1, 0.15) is 10.6 Å². The van der Waals surface area contributed by atoms with E-state index in [1.807, 2.05) is 48.5 Å². The predicted octanol–water partition coefficient (Wildman–Crippen LogP) is 4.93. The van der Waals surface area contributed by atoms with Gasteiger partial charge in [0.25, 0.3) is 5.56 Å². The molecule has 1 aromatic carbocycles. The van der Waals surface area contributed by atoms with Crippen molar-refractivity contribution in [3.63, 3.8) is 0 Å². The SMILES string of the molecule is O=c1[nH]cc(-c2cc(CCc3ccc(Cl)s3)[nH]n2)cc1-c1ccccc1. The number of hydrogen-bond donors (Lipinski definition) is 2. The zero-order valence-corrected chi connectivity index (χ0v) is 15.4. The fourth-order valence-electron chi connectivity index (χ4n) is 2.85. The van der Waals surface area contributed by atoms with Crippen LogP contribution in [0.4, 0.5) is 0 Å². The van der Waals surface area contributed by atoms with Crippen LogP contribution in [0.5, 0.6) is 0 Å². The number of H-pyrrole nitrogens is 2. The van der Waals surface area contributed by atoms with Crippen LogP contribution >= 0.6 is 22.9 Å². The number of pyridine rings is 1. The van der Waals surface area contributed by atoms with E-state index in [9.17, 15) is 4.79 Å². The maximum absolute atomic E-state index is 12.2. The molecule has 4 nitrogen and oxygen atoms in total. The van der Waals surface area contributed by atoms with Crippen molar-refractivity contribution < 1.29 is 0 Å². The molecular formula is C20H16ClN3OS. The van der Waals surface area contributed by atoms with Gasteiger partial charge < -0.3 is 4.98 Å². The van der Waals surface area contributed by atoms with Gasteiger partial charge in [-0.1, -0.05) is 41.9 Å².